The lowest BCUT2D eigenvalue weighted by Crippen LogP contribution is -2.39. The second-order valence-corrected chi connectivity index (χ2v) is 10.4. The standard InChI is InChI=1S/C29H35N4O14/c1-44-26(40)30-14(6-18-20(30)8-16(32(18)28(42)46-3)10-22(36)24(38)12-34)5-15-7-19-21(31(15)27(41)45-2)9-17(33(19)29(43)47-4)11-23(37)25(39)13-35/h5-9,22-25,34-39H,10-13H2,1-4H3/q+1. The van der Waals surface area contributed by atoms with Crippen molar-refractivity contribution < 1.29 is 68.8 Å². The summed E-state index contributed by atoms with van der Waals surface area (Å²) in [6.45, 7) is -1.49. The molecule has 0 aliphatic carbocycles. The Morgan fingerprint density at radius 1 is 0.702 bits per heavy atom. The van der Waals surface area contributed by atoms with Gasteiger partial charge < -0.3 is 49.6 Å². The Kier molecular flexibility index (Phi) is 10.6. The Bertz CT molecular complexity index is 1870. The quantitative estimate of drug-likeness (QED) is 0.104. The highest BCUT2D eigenvalue weighted by Gasteiger charge is 2.35. The summed E-state index contributed by atoms with van der Waals surface area (Å²) in [7, 11) is 4.46. The van der Waals surface area contributed by atoms with Crippen molar-refractivity contribution >= 4 is 47.6 Å². The third kappa shape index (κ3) is 6.42. The van der Waals surface area contributed by atoms with Gasteiger partial charge >= 0.3 is 24.4 Å². The Balaban J connectivity index is 1.98. The first-order valence-corrected chi connectivity index (χ1v) is 14.0. The largest absolute Gasteiger partial charge is 0.602 e. The van der Waals surface area contributed by atoms with Gasteiger partial charge in [0.15, 0.2) is 0 Å². The predicted octanol–water partition coefficient (Wildman–Crippen LogP) is -2.31. The number of methoxy groups -OCH3 is 4. The molecule has 1 aliphatic rings. The van der Waals surface area contributed by atoms with Gasteiger partial charge in [-0.15, -0.1) is 0 Å². The summed E-state index contributed by atoms with van der Waals surface area (Å²) in [5.41, 5.74) is 0.656. The Hall–Kier alpha value is -4.85. The lowest BCUT2D eigenvalue weighted by molar-refractivity contribution is -0.0139. The molecule has 254 valence electrons. The van der Waals surface area contributed by atoms with Crippen LogP contribution < -0.4 is 15.3 Å². The van der Waals surface area contributed by atoms with Crippen molar-refractivity contribution in [2.24, 2.45) is 0 Å². The lowest BCUT2D eigenvalue weighted by atomic mass is 10.1. The minimum atomic E-state index is -1.52. The molecule has 0 aromatic carbocycles. The highest BCUT2D eigenvalue weighted by atomic mass is 16.6. The number of nitrogens with zero attached hydrogens (tertiary/aromatic N) is 4. The van der Waals surface area contributed by atoms with Gasteiger partial charge in [0, 0.05) is 42.4 Å². The normalized spacial score (nSPS) is 16.0. The number of aliphatic hydroxyl groups excluding tert-OH is 6. The third-order valence-corrected chi connectivity index (χ3v) is 7.58. The van der Waals surface area contributed by atoms with Gasteiger partial charge in [0.1, 0.15) is 17.6 Å². The smallest absolute Gasteiger partial charge is 0.452 e. The molecule has 18 nitrogen and oxygen atoms in total. The van der Waals surface area contributed by atoms with Gasteiger partial charge in [0.25, 0.3) is 0 Å². The highest BCUT2D eigenvalue weighted by molar-refractivity contribution is 5.97. The lowest BCUT2D eigenvalue weighted by Gasteiger charge is -2.16. The van der Waals surface area contributed by atoms with Crippen LogP contribution in [0, 0.1) is 0 Å². The van der Waals surface area contributed by atoms with Gasteiger partial charge in [0.05, 0.1) is 70.6 Å². The molecule has 0 spiro atoms. The summed E-state index contributed by atoms with van der Waals surface area (Å²) >= 11 is 0. The SMILES string of the molecule is COC(=O)n1c(CC(O)C(O)CO)cc2c1=C/C(=C\c1cc3c(cc(CC(O)C(O)CO)n3C(=O)OC)n1C(=O)OC)[N+]=2C(=O)OC. The van der Waals surface area contributed by atoms with E-state index >= 15 is 0 Å². The van der Waals surface area contributed by atoms with E-state index in [1.54, 1.807) is 0 Å². The van der Waals surface area contributed by atoms with E-state index in [4.69, 9.17) is 18.9 Å². The molecule has 3 aromatic rings. The number of fused-ring (bicyclic) bond motifs is 2. The van der Waals surface area contributed by atoms with Crippen molar-refractivity contribution in [3.63, 3.8) is 0 Å². The van der Waals surface area contributed by atoms with E-state index in [1.807, 2.05) is 0 Å². The molecule has 3 aromatic heterocycles. The summed E-state index contributed by atoms with van der Waals surface area (Å²) in [6, 6.07) is 4.16. The number of carbonyl (C=O) groups is 4. The van der Waals surface area contributed by atoms with E-state index in [1.165, 1.54) is 30.4 Å². The molecular formula is C29H35N4O14+. The molecule has 1 aliphatic heterocycles. The molecule has 4 unspecified atom stereocenters. The van der Waals surface area contributed by atoms with Crippen LogP contribution in [0.3, 0.4) is 0 Å². The zero-order valence-electron chi connectivity index (χ0n) is 25.8. The molecule has 4 atom stereocenters. The minimum Gasteiger partial charge on any atom is -0.452 e. The third-order valence-electron chi connectivity index (χ3n) is 7.58. The Morgan fingerprint density at radius 2 is 1.19 bits per heavy atom. The fourth-order valence-corrected chi connectivity index (χ4v) is 5.27. The first kappa shape index (κ1) is 35.0. The second kappa shape index (κ2) is 14.3. The van der Waals surface area contributed by atoms with E-state index in [0.29, 0.717) is 0 Å². The first-order valence-electron chi connectivity index (χ1n) is 14.0. The minimum absolute atomic E-state index is 0.0821. The van der Waals surface area contributed by atoms with Gasteiger partial charge in [-0.1, -0.05) is 4.58 Å². The summed E-state index contributed by atoms with van der Waals surface area (Å²) in [5.74, 6) is 0. The van der Waals surface area contributed by atoms with Crippen LogP contribution in [0.2, 0.25) is 0 Å². The number of amides is 1. The summed E-state index contributed by atoms with van der Waals surface area (Å²) in [4.78, 5) is 51.9. The first-order chi connectivity index (χ1) is 22.4. The molecule has 0 saturated carbocycles. The van der Waals surface area contributed by atoms with Gasteiger partial charge in [-0.2, -0.15) is 4.79 Å². The number of carbonyl (C=O) groups excluding carboxylic acids is 4. The van der Waals surface area contributed by atoms with E-state index in [9.17, 15) is 49.8 Å². The predicted molar refractivity (Wildman–Crippen MR) is 159 cm³/mol. The van der Waals surface area contributed by atoms with Crippen molar-refractivity contribution in [3.05, 3.63) is 51.7 Å². The van der Waals surface area contributed by atoms with Crippen LogP contribution in [-0.4, -0.2) is 135 Å². The molecule has 4 rings (SSSR count). The maximum absolute atomic E-state index is 13.1. The molecule has 4 heterocycles. The number of hydrogen-bond donors (Lipinski definition) is 6. The van der Waals surface area contributed by atoms with Gasteiger partial charge in [-0.05, 0) is 12.1 Å². The highest BCUT2D eigenvalue weighted by Crippen LogP contribution is 2.28. The zero-order valence-corrected chi connectivity index (χ0v) is 25.8. The van der Waals surface area contributed by atoms with Crippen LogP contribution in [0.4, 0.5) is 19.2 Å². The topological polar surface area (TPSA) is 244 Å². The molecule has 6 N–H and O–H groups in total. The Labute approximate surface area is 265 Å². The molecule has 47 heavy (non-hydrogen) atoms. The fraction of sp³-hybridized carbons (Fsp3) is 0.414. The summed E-state index contributed by atoms with van der Waals surface area (Å²) < 4.78 is 24.0. The van der Waals surface area contributed by atoms with Crippen LogP contribution in [0.15, 0.2) is 23.9 Å². The van der Waals surface area contributed by atoms with E-state index in [0.717, 1.165) is 46.7 Å². The number of rotatable bonds is 9. The van der Waals surface area contributed by atoms with Crippen molar-refractivity contribution in [2.75, 3.05) is 41.7 Å². The van der Waals surface area contributed by atoms with Crippen LogP contribution in [0.5, 0.6) is 0 Å². The Morgan fingerprint density at radius 3 is 1.70 bits per heavy atom. The zero-order chi connectivity index (χ0) is 34.7. The summed E-state index contributed by atoms with van der Waals surface area (Å²) in [5, 5.41) is 59.1. The monoisotopic (exact) mass is 663 g/mol. The maximum atomic E-state index is 13.1. The van der Waals surface area contributed by atoms with Crippen molar-refractivity contribution in [3.8, 4) is 0 Å². The molecule has 0 bridgehead atoms. The van der Waals surface area contributed by atoms with Crippen molar-refractivity contribution in [1.82, 2.24) is 18.3 Å². The van der Waals surface area contributed by atoms with Crippen LogP contribution in [0.25, 0.3) is 23.2 Å². The van der Waals surface area contributed by atoms with E-state index < -0.39 is 62.0 Å². The fourth-order valence-electron chi connectivity index (χ4n) is 5.27. The second-order valence-electron chi connectivity index (χ2n) is 10.4. The molecular weight excluding hydrogens is 628 g/mol. The van der Waals surface area contributed by atoms with E-state index in [-0.39, 0.29) is 57.4 Å². The molecule has 1 amide bonds. The average molecular weight is 664 g/mol. The van der Waals surface area contributed by atoms with Gasteiger partial charge in [0.2, 0.25) is 11.1 Å². The number of aliphatic hydroxyl groups is 6. The summed E-state index contributed by atoms with van der Waals surface area (Å²) in [6.07, 6.45) is -7.46. The number of allylic oxidation sites excluding steroid dienone is 1. The van der Waals surface area contributed by atoms with Gasteiger partial charge in [-0.3, -0.25) is 0 Å². The molecule has 0 radical (unpaired) electrons. The molecule has 0 saturated heterocycles. The number of ether oxygens (including phenoxy) is 4. The van der Waals surface area contributed by atoms with Crippen molar-refractivity contribution in [1.29, 1.82) is 0 Å². The van der Waals surface area contributed by atoms with Gasteiger partial charge in [-0.25, -0.2) is 28.1 Å². The number of hydrogen-bond acceptors (Lipinski definition) is 14. The average Bonchev–Trinajstić information content (AvgIpc) is 3.79. The molecule has 0 fully saturated rings. The maximum Gasteiger partial charge on any atom is 0.602 e. The van der Waals surface area contributed by atoms with Crippen LogP contribution in [-0.2, 0) is 31.8 Å². The van der Waals surface area contributed by atoms with E-state index in [2.05, 4.69) is 0 Å². The van der Waals surface area contributed by atoms with Crippen LogP contribution >= 0.6 is 0 Å². The number of aromatic nitrogens is 3. The van der Waals surface area contributed by atoms with Crippen molar-refractivity contribution in [2.45, 2.75) is 37.3 Å². The van der Waals surface area contributed by atoms with Crippen LogP contribution in [0.1, 0.15) is 17.1 Å². The molecule has 18 heteroatoms.